The maximum atomic E-state index is 12.8. The Morgan fingerprint density at radius 2 is 1.93 bits per heavy atom. The number of carbonyl (C=O) groups excluding carboxylic acids is 1. The second-order valence-electron chi connectivity index (χ2n) is 7.38. The van der Waals surface area contributed by atoms with E-state index in [9.17, 15) is 4.79 Å². The van der Waals surface area contributed by atoms with E-state index < -0.39 is 0 Å². The standard InChI is InChI=1S/C22H25N5OS/c1-16-7-3-4-9-19(16)27-21(18-10-12-23-13-11-18)24-25-22(27)29-15-20(28)26-14-6-5-8-17(26)2/h3-4,7,9-13,17H,5-6,8,14-15H2,1-2H3/t17-/m1/s1. The first-order chi connectivity index (χ1) is 14.1. The normalized spacial score (nSPS) is 16.8. The van der Waals surface area contributed by atoms with Crippen LogP contribution in [0, 0.1) is 6.92 Å². The summed E-state index contributed by atoms with van der Waals surface area (Å²) in [5.74, 6) is 1.29. The zero-order valence-electron chi connectivity index (χ0n) is 16.8. The van der Waals surface area contributed by atoms with Crippen molar-refractivity contribution >= 4 is 17.7 Å². The molecule has 1 amide bonds. The highest BCUT2D eigenvalue weighted by atomic mass is 32.2. The van der Waals surface area contributed by atoms with Gasteiger partial charge in [-0.25, -0.2) is 0 Å². The largest absolute Gasteiger partial charge is 0.339 e. The molecule has 0 unspecified atom stereocenters. The fourth-order valence-electron chi connectivity index (χ4n) is 3.76. The van der Waals surface area contributed by atoms with Crippen LogP contribution in [0.4, 0.5) is 0 Å². The maximum absolute atomic E-state index is 12.8. The summed E-state index contributed by atoms with van der Waals surface area (Å²) in [6, 6.07) is 12.3. The van der Waals surface area contributed by atoms with Gasteiger partial charge in [-0.05, 0) is 56.9 Å². The van der Waals surface area contributed by atoms with Crippen LogP contribution in [-0.2, 0) is 4.79 Å². The summed E-state index contributed by atoms with van der Waals surface area (Å²) in [7, 11) is 0. The number of para-hydroxylation sites is 1. The van der Waals surface area contributed by atoms with Gasteiger partial charge in [0.2, 0.25) is 5.91 Å². The number of benzene rings is 1. The van der Waals surface area contributed by atoms with Crippen LogP contribution in [-0.4, -0.2) is 48.9 Å². The number of amides is 1. The first kappa shape index (κ1) is 19.6. The van der Waals surface area contributed by atoms with Gasteiger partial charge in [-0.2, -0.15) is 0 Å². The molecule has 4 rings (SSSR count). The lowest BCUT2D eigenvalue weighted by Crippen LogP contribution is -2.42. The molecule has 6 nitrogen and oxygen atoms in total. The quantitative estimate of drug-likeness (QED) is 0.595. The summed E-state index contributed by atoms with van der Waals surface area (Å²) < 4.78 is 2.04. The Bertz CT molecular complexity index is 988. The molecule has 3 heterocycles. The third-order valence-corrected chi connectivity index (χ3v) is 6.29. The van der Waals surface area contributed by atoms with Gasteiger partial charge >= 0.3 is 0 Å². The summed E-state index contributed by atoms with van der Waals surface area (Å²) in [5, 5.41) is 9.61. The Hall–Kier alpha value is -2.67. The Balaban J connectivity index is 1.64. The molecule has 0 radical (unpaired) electrons. The molecule has 0 saturated carbocycles. The van der Waals surface area contributed by atoms with Crippen molar-refractivity contribution in [2.45, 2.75) is 44.3 Å². The van der Waals surface area contributed by atoms with Crippen LogP contribution in [0.5, 0.6) is 0 Å². The number of rotatable bonds is 5. The monoisotopic (exact) mass is 407 g/mol. The molecule has 3 aromatic rings. The van der Waals surface area contributed by atoms with Crippen molar-refractivity contribution in [2.75, 3.05) is 12.3 Å². The fraction of sp³-hybridized carbons (Fsp3) is 0.364. The third kappa shape index (κ3) is 4.19. The minimum atomic E-state index is 0.173. The summed E-state index contributed by atoms with van der Waals surface area (Å²) in [4.78, 5) is 18.9. The predicted octanol–water partition coefficient (Wildman–Crippen LogP) is 4.13. The molecule has 7 heteroatoms. The van der Waals surface area contributed by atoms with Gasteiger partial charge in [-0.15, -0.1) is 10.2 Å². The highest BCUT2D eigenvalue weighted by Crippen LogP contribution is 2.29. The molecule has 150 valence electrons. The topological polar surface area (TPSA) is 63.9 Å². The van der Waals surface area contributed by atoms with Crippen LogP contribution < -0.4 is 0 Å². The SMILES string of the molecule is Cc1ccccc1-n1c(SCC(=O)N2CCCC[C@H]2C)nnc1-c1ccncc1. The smallest absolute Gasteiger partial charge is 0.233 e. The van der Waals surface area contributed by atoms with E-state index in [4.69, 9.17) is 0 Å². The zero-order valence-corrected chi connectivity index (χ0v) is 17.6. The number of aryl methyl sites for hydroxylation is 1. The van der Waals surface area contributed by atoms with Crippen molar-refractivity contribution in [3.63, 3.8) is 0 Å². The minimum absolute atomic E-state index is 0.173. The van der Waals surface area contributed by atoms with Gasteiger partial charge in [-0.3, -0.25) is 14.3 Å². The fourth-order valence-corrected chi connectivity index (χ4v) is 4.59. The van der Waals surface area contributed by atoms with E-state index in [0.717, 1.165) is 47.2 Å². The summed E-state index contributed by atoms with van der Waals surface area (Å²) in [6.07, 6.45) is 6.88. The molecule has 2 aromatic heterocycles. The Morgan fingerprint density at radius 1 is 1.14 bits per heavy atom. The molecule has 0 N–H and O–H groups in total. The van der Waals surface area contributed by atoms with Gasteiger partial charge in [0.1, 0.15) is 0 Å². The molecular weight excluding hydrogens is 382 g/mol. The molecule has 1 aliphatic heterocycles. The van der Waals surface area contributed by atoms with Crippen molar-refractivity contribution < 1.29 is 4.79 Å². The third-order valence-electron chi connectivity index (χ3n) is 5.38. The van der Waals surface area contributed by atoms with E-state index in [-0.39, 0.29) is 5.91 Å². The van der Waals surface area contributed by atoms with Crippen molar-refractivity contribution in [3.05, 3.63) is 54.4 Å². The molecule has 1 fully saturated rings. The number of nitrogens with zero attached hydrogens (tertiary/aromatic N) is 5. The zero-order chi connectivity index (χ0) is 20.2. The molecule has 1 saturated heterocycles. The lowest BCUT2D eigenvalue weighted by Gasteiger charge is -2.33. The number of pyridine rings is 1. The van der Waals surface area contributed by atoms with Gasteiger partial charge in [-0.1, -0.05) is 30.0 Å². The number of thioether (sulfide) groups is 1. The minimum Gasteiger partial charge on any atom is -0.339 e. The summed E-state index contributed by atoms with van der Waals surface area (Å²) in [6.45, 7) is 5.06. The van der Waals surface area contributed by atoms with Crippen molar-refractivity contribution in [1.29, 1.82) is 0 Å². The van der Waals surface area contributed by atoms with Crippen LogP contribution in [0.1, 0.15) is 31.7 Å². The van der Waals surface area contributed by atoms with Crippen LogP contribution >= 0.6 is 11.8 Å². The van der Waals surface area contributed by atoms with E-state index in [1.54, 1.807) is 12.4 Å². The molecule has 1 atom stereocenters. The van der Waals surface area contributed by atoms with Gasteiger partial charge in [0.15, 0.2) is 11.0 Å². The maximum Gasteiger partial charge on any atom is 0.233 e. The van der Waals surface area contributed by atoms with Gasteiger partial charge in [0.05, 0.1) is 11.4 Å². The Labute approximate surface area is 175 Å². The lowest BCUT2D eigenvalue weighted by molar-refractivity contribution is -0.131. The molecule has 0 bridgehead atoms. The number of hydrogen-bond acceptors (Lipinski definition) is 5. The van der Waals surface area contributed by atoms with Gasteiger partial charge in [0, 0.05) is 30.5 Å². The Kier molecular flexibility index (Phi) is 5.94. The highest BCUT2D eigenvalue weighted by Gasteiger charge is 2.24. The first-order valence-electron chi connectivity index (χ1n) is 9.99. The van der Waals surface area contributed by atoms with Gasteiger partial charge in [0.25, 0.3) is 0 Å². The number of piperidine rings is 1. The number of aromatic nitrogens is 4. The average molecular weight is 408 g/mol. The van der Waals surface area contributed by atoms with Crippen molar-refractivity contribution in [2.24, 2.45) is 0 Å². The van der Waals surface area contributed by atoms with Crippen LogP contribution in [0.15, 0.2) is 53.9 Å². The number of carbonyl (C=O) groups is 1. The molecule has 0 spiro atoms. The van der Waals surface area contributed by atoms with Crippen LogP contribution in [0.2, 0.25) is 0 Å². The second-order valence-corrected chi connectivity index (χ2v) is 8.33. The van der Waals surface area contributed by atoms with Gasteiger partial charge < -0.3 is 4.90 Å². The molecule has 1 aliphatic rings. The van der Waals surface area contributed by atoms with E-state index in [2.05, 4.69) is 41.2 Å². The summed E-state index contributed by atoms with van der Waals surface area (Å²) in [5.41, 5.74) is 3.09. The highest BCUT2D eigenvalue weighted by molar-refractivity contribution is 7.99. The molecule has 0 aliphatic carbocycles. The molecular formula is C22H25N5OS. The number of hydrogen-bond donors (Lipinski definition) is 0. The average Bonchev–Trinajstić information content (AvgIpc) is 3.17. The molecule has 1 aromatic carbocycles. The molecule has 29 heavy (non-hydrogen) atoms. The van der Waals surface area contributed by atoms with Crippen molar-refractivity contribution in [3.8, 4) is 17.1 Å². The van der Waals surface area contributed by atoms with Crippen molar-refractivity contribution in [1.82, 2.24) is 24.6 Å². The first-order valence-corrected chi connectivity index (χ1v) is 11.0. The number of likely N-dealkylation sites (tertiary alicyclic amines) is 1. The lowest BCUT2D eigenvalue weighted by atomic mass is 10.0. The van der Waals surface area contributed by atoms with E-state index in [1.165, 1.54) is 18.2 Å². The second kappa shape index (κ2) is 8.78. The van der Waals surface area contributed by atoms with E-state index in [1.807, 2.05) is 33.7 Å². The van der Waals surface area contributed by atoms with E-state index in [0.29, 0.717) is 11.8 Å². The van der Waals surface area contributed by atoms with E-state index >= 15 is 0 Å². The Morgan fingerprint density at radius 3 is 2.69 bits per heavy atom. The summed E-state index contributed by atoms with van der Waals surface area (Å²) >= 11 is 1.45. The van der Waals surface area contributed by atoms with Crippen LogP contribution in [0.3, 0.4) is 0 Å². The van der Waals surface area contributed by atoms with Crippen LogP contribution in [0.25, 0.3) is 17.1 Å². The predicted molar refractivity (Wildman–Crippen MR) is 115 cm³/mol.